The maximum Gasteiger partial charge on any atom is 0.0815 e. The molecule has 0 unspecified atom stereocenters. The van der Waals surface area contributed by atoms with E-state index >= 15 is 0 Å². The zero-order valence-corrected chi connectivity index (χ0v) is 23.4. The van der Waals surface area contributed by atoms with Crippen molar-refractivity contribution in [3.63, 3.8) is 0 Å². The summed E-state index contributed by atoms with van der Waals surface area (Å²) in [5.74, 6) is 1.43. The monoisotopic (exact) mass is 474 g/mol. The molecule has 2 heteroatoms. The van der Waals surface area contributed by atoms with Crippen molar-refractivity contribution in [1.29, 1.82) is 0 Å². The van der Waals surface area contributed by atoms with Crippen LogP contribution in [-0.4, -0.2) is 17.2 Å². The van der Waals surface area contributed by atoms with E-state index in [4.69, 9.17) is 9.98 Å². The minimum Gasteiger partial charge on any atom is -0.288 e. The third kappa shape index (κ3) is 8.29. The van der Waals surface area contributed by atoms with Crippen LogP contribution in [0.25, 0.3) is 11.3 Å². The van der Waals surface area contributed by atoms with E-state index in [-0.39, 0.29) is 0 Å². The average Bonchev–Trinajstić information content (AvgIpc) is 2.83. The summed E-state index contributed by atoms with van der Waals surface area (Å²) in [6.45, 7) is 13.8. The maximum absolute atomic E-state index is 5.14. The molecule has 1 heterocycles. The smallest absolute Gasteiger partial charge is 0.0815 e. The number of hydrogen-bond acceptors (Lipinski definition) is 2. The summed E-state index contributed by atoms with van der Waals surface area (Å²) in [4.78, 5) is 10.2. The number of nitrogens with zero attached hydrogens (tertiary/aromatic N) is 2. The molecule has 1 aromatic heterocycles. The highest BCUT2D eigenvalue weighted by atomic mass is 14.8. The van der Waals surface area contributed by atoms with Crippen LogP contribution in [0.2, 0.25) is 0 Å². The van der Waals surface area contributed by atoms with E-state index in [1.807, 2.05) is 0 Å². The Bertz CT molecular complexity index is 897. The molecule has 1 saturated carbocycles. The second-order valence-corrected chi connectivity index (χ2v) is 11.7. The van der Waals surface area contributed by atoms with Gasteiger partial charge in [-0.15, -0.1) is 0 Å². The fourth-order valence-electron chi connectivity index (χ4n) is 5.39. The van der Waals surface area contributed by atoms with Crippen molar-refractivity contribution < 1.29 is 0 Å². The number of pyridine rings is 1. The van der Waals surface area contributed by atoms with Crippen LogP contribution in [0.4, 0.5) is 0 Å². The Morgan fingerprint density at radius 1 is 0.714 bits per heavy atom. The Kier molecular flexibility index (Phi) is 11.0. The van der Waals surface area contributed by atoms with Gasteiger partial charge in [0.15, 0.2) is 0 Å². The summed E-state index contributed by atoms with van der Waals surface area (Å²) in [5, 5.41) is 0. The normalized spacial score (nSPS) is 17.3. The van der Waals surface area contributed by atoms with Crippen LogP contribution in [0.3, 0.4) is 0 Å². The molecule has 1 aliphatic carbocycles. The molecule has 1 aliphatic rings. The van der Waals surface area contributed by atoms with Gasteiger partial charge in [-0.05, 0) is 59.4 Å². The zero-order valence-electron chi connectivity index (χ0n) is 23.4. The molecular formula is C33H50N2. The lowest BCUT2D eigenvalue weighted by Gasteiger charge is -2.22. The molecule has 0 radical (unpaired) electrons. The van der Waals surface area contributed by atoms with E-state index < -0.39 is 0 Å². The summed E-state index contributed by atoms with van der Waals surface area (Å²) in [7, 11) is 0. The molecule has 1 aromatic carbocycles. The Balaban J connectivity index is 1.88. The highest BCUT2D eigenvalue weighted by Gasteiger charge is 2.19. The Morgan fingerprint density at radius 2 is 1.23 bits per heavy atom. The minimum atomic E-state index is 0.447. The number of aromatic nitrogens is 1. The summed E-state index contributed by atoms with van der Waals surface area (Å²) in [6.07, 6.45) is 16.9. The van der Waals surface area contributed by atoms with Gasteiger partial charge in [0.2, 0.25) is 0 Å². The van der Waals surface area contributed by atoms with Gasteiger partial charge < -0.3 is 0 Å². The molecule has 3 rings (SSSR count). The van der Waals surface area contributed by atoms with Gasteiger partial charge >= 0.3 is 0 Å². The Morgan fingerprint density at radius 3 is 1.71 bits per heavy atom. The first-order valence-corrected chi connectivity index (χ1v) is 14.5. The lowest BCUT2D eigenvalue weighted by molar-refractivity contribution is 0.467. The van der Waals surface area contributed by atoms with Crippen LogP contribution >= 0.6 is 0 Å². The van der Waals surface area contributed by atoms with Crippen LogP contribution in [0.5, 0.6) is 0 Å². The van der Waals surface area contributed by atoms with Crippen molar-refractivity contribution in [1.82, 2.24) is 4.98 Å². The quantitative estimate of drug-likeness (QED) is 0.382. The number of aliphatic imine (C=N–C) groups is 1. The third-order valence-corrected chi connectivity index (χ3v) is 7.65. The van der Waals surface area contributed by atoms with E-state index in [2.05, 4.69) is 78.1 Å². The molecule has 0 amide bonds. The van der Waals surface area contributed by atoms with E-state index in [0.29, 0.717) is 23.8 Å². The summed E-state index contributed by atoms with van der Waals surface area (Å²) in [6, 6.07) is 11.8. The molecule has 0 N–H and O–H groups in total. The van der Waals surface area contributed by atoms with E-state index in [1.165, 1.54) is 92.9 Å². The first-order chi connectivity index (χ1) is 16.9. The highest BCUT2D eigenvalue weighted by Crippen LogP contribution is 2.38. The van der Waals surface area contributed by atoms with Crippen LogP contribution in [0.1, 0.15) is 152 Å². The largest absolute Gasteiger partial charge is 0.288 e. The van der Waals surface area contributed by atoms with Gasteiger partial charge in [0.1, 0.15) is 0 Å². The topological polar surface area (TPSA) is 25.2 Å². The average molecular weight is 475 g/mol. The first kappa shape index (κ1) is 27.6. The van der Waals surface area contributed by atoms with Gasteiger partial charge in [-0.25, -0.2) is 4.98 Å². The Labute approximate surface area is 216 Å². The minimum absolute atomic E-state index is 0.447. The predicted octanol–water partition coefficient (Wildman–Crippen LogP) is 10.2. The lowest BCUT2D eigenvalue weighted by Crippen LogP contribution is -2.07. The molecule has 2 aromatic rings. The standard InChI is InChI=1S/C33H50N2/c1-24(2)27-21-30(25(3)4)33(31(22-27)26(5)6)32-20-16-19-29(35-32)23-34-28-17-14-12-10-8-7-9-11-13-15-18-28/h16,19-26,28H,7-15,17-18H2,1-6H3. The highest BCUT2D eigenvalue weighted by molar-refractivity contribution is 5.79. The van der Waals surface area contributed by atoms with Gasteiger partial charge in [0.25, 0.3) is 0 Å². The molecule has 0 saturated heterocycles. The number of benzene rings is 1. The third-order valence-electron chi connectivity index (χ3n) is 7.65. The molecule has 2 nitrogen and oxygen atoms in total. The predicted molar refractivity (Wildman–Crippen MR) is 154 cm³/mol. The molecule has 0 atom stereocenters. The van der Waals surface area contributed by atoms with Crippen LogP contribution in [-0.2, 0) is 0 Å². The molecule has 35 heavy (non-hydrogen) atoms. The second-order valence-electron chi connectivity index (χ2n) is 11.7. The molecule has 1 fully saturated rings. The van der Waals surface area contributed by atoms with Crippen molar-refractivity contribution in [3.8, 4) is 11.3 Å². The van der Waals surface area contributed by atoms with Crippen molar-refractivity contribution in [3.05, 3.63) is 52.7 Å². The van der Waals surface area contributed by atoms with Gasteiger partial charge in [-0.2, -0.15) is 0 Å². The van der Waals surface area contributed by atoms with Gasteiger partial charge in [-0.3, -0.25) is 4.99 Å². The van der Waals surface area contributed by atoms with Crippen LogP contribution in [0.15, 0.2) is 35.3 Å². The summed E-state index contributed by atoms with van der Waals surface area (Å²) < 4.78 is 0. The number of rotatable bonds is 6. The van der Waals surface area contributed by atoms with Crippen molar-refractivity contribution in [2.75, 3.05) is 0 Å². The van der Waals surface area contributed by atoms with Crippen molar-refractivity contribution in [2.24, 2.45) is 4.99 Å². The van der Waals surface area contributed by atoms with Gasteiger partial charge in [-0.1, -0.05) is 118 Å². The molecule has 0 aliphatic heterocycles. The molecule has 0 bridgehead atoms. The van der Waals surface area contributed by atoms with E-state index in [9.17, 15) is 0 Å². The fourth-order valence-corrected chi connectivity index (χ4v) is 5.39. The van der Waals surface area contributed by atoms with Crippen LogP contribution in [0, 0.1) is 0 Å². The molecular weight excluding hydrogens is 424 g/mol. The van der Waals surface area contributed by atoms with Crippen molar-refractivity contribution >= 4 is 6.21 Å². The second kappa shape index (κ2) is 14.0. The van der Waals surface area contributed by atoms with Gasteiger partial charge in [0, 0.05) is 11.8 Å². The Hall–Kier alpha value is -1.96. The lowest BCUT2D eigenvalue weighted by atomic mass is 9.83. The first-order valence-electron chi connectivity index (χ1n) is 14.5. The summed E-state index contributed by atoms with van der Waals surface area (Å²) >= 11 is 0. The zero-order chi connectivity index (χ0) is 25.2. The summed E-state index contributed by atoms with van der Waals surface area (Å²) in [5.41, 5.74) is 7.69. The number of hydrogen-bond donors (Lipinski definition) is 0. The van der Waals surface area contributed by atoms with Crippen LogP contribution < -0.4 is 0 Å². The molecule has 0 spiro atoms. The van der Waals surface area contributed by atoms with Gasteiger partial charge in [0.05, 0.1) is 17.4 Å². The SMILES string of the molecule is CC(C)c1cc(C(C)C)c(-c2cccc(C=NC3CCCCCCCCCCC3)n2)c(C(C)C)c1. The maximum atomic E-state index is 5.14. The van der Waals surface area contributed by atoms with E-state index in [1.54, 1.807) is 0 Å². The molecule has 192 valence electrons. The van der Waals surface area contributed by atoms with E-state index in [0.717, 1.165) is 11.4 Å². The van der Waals surface area contributed by atoms with Crippen molar-refractivity contribution in [2.45, 2.75) is 136 Å². The fraction of sp³-hybridized carbons (Fsp3) is 0.636.